The van der Waals surface area contributed by atoms with Gasteiger partial charge >= 0.3 is 13.9 Å². The van der Waals surface area contributed by atoms with Crippen LogP contribution < -0.4 is 9.26 Å². The van der Waals surface area contributed by atoms with E-state index in [0.717, 1.165) is 5.56 Å². The molecule has 0 aliphatic carbocycles. The first-order chi connectivity index (χ1) is 9.15. The molecule has 2 unspecified atom stereocenters. The van der Waals surface area contributed by atoms with Gasteiger partial charge < -0.3 is 4.74 Å². The van der Waals surface area contributed by atoms with Crippen molar-refractivity contribution in [1.29, 1.82) is 0 Å². The minimum Gasteiger partial charge on any atom is -0.444 e. The summed E-state index contributed by atoms with van der Waals surface area (Å²) in [6, 6.07) is 16.7. The molecule has 0 saturated carbocycles. The lowest BCUT2D eigenvalue weighted by molar-refractivity contribution is 0.281. The van der Waals surface area contributed by atoms with Crippen LogP contribution in [0.15, 0.2) is 54.6 Å². The third-order valence-corrected chi connectivity index (χ3v) is 3.65. The summed E-state index contributed by atoms with van der Waals surface area (Å²) in [5.74, 6) is 0.778. The molecule has 4 heteroatoms. The van der Waals surface area contributed by atoms with Crippen molar-refractivity contribution in [3.8, 4) is 11.5 Å². The van der Waals surface area contributed by atoms with Crippen molar-refractivity contribution in [1.82, 2.24) is 0 Å². The molecule has 0 radical (unpaired) electrons. The summed E-state index contributed by atoms with van der Waals surface area (Å²) < 4.78 is 23.0. The molecule has 0 aromatic heterocycles. The topological polar surface area (TPSA) is 35.5 Å². The maximum Gasteiger partial charge on any atom is 0.601 e. The minimum atomic E-state index is -1.92. The normalized spacial score (nSPS) is 12.6. The molecule has 0 fully saturated rings. The van der Waals surface area contributed by atoms with Crippen LogP contribution in [0.2, 0.25) is 0 Å². The molecule has 0 N–H and O–H groups in total. The largest absolute Gasteiger partial charge is 0.601 e. The lowest BCUT2D eigenvalue weighted by Gasteiger charge is -2.05. The first-order valence-corrected chi connectivity index (χ1v) is 7.32. The molecule has 0 bridgehead atoms. The van der Waals surface area contributed by atoms with E-state index < -0.39 is 13.9 Å². The van der Waals surface area contributed by atoms with E-state index in [-0.39, 0.29) is 0 Å². The standard InChI is InChI=1S/C15H16O3P/c1-12-8-10-15(11-9-12)18-19(16)13(2)17-14-6-4-3-5-7-14/h3-11,13H,1-2H3/q+1. The molecular formula is C15H16O3P+. The van der Waals surface area contributed by atoms with Crippen molar-refractivity contribution < 1.29 is 13.8 Å². The third-order valence-electron chi connectivity index (χ3n) is 2.56. The molecule has 2 aromatic rings. The first-order valence-electron chi connectivity index (χ1n) is 6.08. The Morgan fingerprint density at radius 2 is 1.58 bits per heavy atom. The van der Waals surface area contributed by atoms with Crippen LogP contribution in [-0.4, -0.2) is 5.85 Å². The Morgan fingerprint density at radius 1 is 0.947 bits per heavy atom. The Bertz CT molecular complexity index is 537. The van der Waals surface area contributed by atoms with Crippen molar-refractivity contribution in [2.45, 2.75) is 19.7 Å². The highest BCUT2D eigenvalue weighted by molar-refractivity contribution is 7.40. The number of aryl methyl sites for hydroxylation is 1. The Kier molecular flexibility index (Phi) is 4.53. The van der Waals surface area contributed by atoms with E-state index in [1.807, 2.05) is 49.4 Å². The quantitative estimate of drug-likeness (QED) is 0.751. The zero-order chi connectivity index (χ0) is 13.7. The monoisotopic (exact) mass is 275 g/mol. The van der Waals surface area contributed by atoms with Gasteiger partial charge in [-0.05, 0) is 35.8 Å². The molecule has 2 atom stereocenters. The van der Waals surface area contributed by atoms with Crippen molar-refractivity contribution in [2.75, 3.05) is 0 Å². The molecule has 19 heavy (non-hydrogen) atoms. The molecule has 98 valence electrons. The van der Waals surface area contributed by atoms with E-state index in [4.69, 9.17) is 9.26 Å². The summed E-state index contributed by atoms with van der Waals surface area (Å²) in [5.41, 5.74) is 1.14. The fraction of sp³-hybridized carbons (Fsp3) is 0.200. The van der Waals surface area contributed by atoms with Crippen LogP contribution in [0.3, 0.4) is 0 Å². The summed E-state index contributed by atoms with van der Waals surface area (Å²) in [6.45, 7) is 3.73. The molecule has 0 aliphatic rings. The van der Waals surface area contributed by atoms with Crippen LogP contribution in [-0.2, 0) is 4.57 Å². The number of benzene rings is 2. The minimum absolute atomic E-state index is 0.501. The van der Waals surface area contributed by atoms with Gasteiger partial charge in [0.2, 0.25) is 0 Å². The smallest absolute Gasteiger partial charge is 0.444 e. The van der Waals surface area contributed by atoms with Gasteiger partial charge in [0.05, 0.1) is 0 Å². The van der Waals surface area contributed by atoms with Crippen molar-refractivity contribution in [2.24, 2.45) is 0 Å². The van der Waals surface area contributed by atoms with E-state index in [2.05, 4.69) is 0 Å². The SMILES string of the molecule is Cc1ccc(O[P+](=O)C(C)Oc2ccccc2)cc1. The van der Waals surface area contributed by atoms with E-state index in [1.165, 1.54) is 0 Å². The molecule has 2 aromatic carbocycles. The Hall–Kier alpha value is -1.86. The molecule has 3 nitrogen and oxygen atoms in total. The second kappa shape index (κ2) is 6.35. The number of hydrogen-bond acceptors (Lipinski definition) is 3. The summed E-state index contributed by atoms with van der Waals surface area (Å²) in [5, 5.41) is 0. The van der Waals surface area contributed by atoms with Crippen LogP contribution in [0, 0.1) is 6.92 Å². The maximum absolute atomic E-state index is 12.0. The average molecular weight is 275 g/mol. The number of ether oxygens (including phenoxy) is 1. The van der Waals surface area contributed by atoms with Crippen LogP contribution in [0.1, 0.15) is 12.5 Å². The van der Waals surface area contributed by atoms with Crippen LogP contribution in [0.25, 0.3) is 0 Å². The lowest BCUT2D eigenvalue weighted by atomic mass is 10.2. The maximum atomic E-state index is 12.0. The predicted molar refractivity (Wildman–Crippen MR) is 75.9 cm³/mol. The summed E-state index contributed by atoms with van der Waals surface area (Å²) in [7, 11) is -1.92. The number of rotatable bonds is 5. The van der Waals surface area contributed by atoms with E-state index >= 15 is 0 Å². The highest BCUT2D eigenvalue weighted by Crippen LogP contribution is 2.33. The molecule has 0 heterocycles. The molecule has 2 rings (SSSR count). The second-order valence-corrected chi connectivity index (χ2v) is 5.70. The van der Waals surface area contributed by atoms with Gasteiger partial charge in [0.1, 0.15) is 5.75 Å². The van der Waals surface area contributed by atoms with Gasteiger partial charge in [-0.25, -0.2) is 0 Å². The van der Waals surface area contributed by atoms with Gasteiger partial charge in [-0.1, -0.05) is 35.9 Å². The fourth-order valence-electron chi connectivity index (χ4n) is 1.52. The van der Waals surface area contributed by atoms with Gasteiger partial charge in [0.25, 0.3) is 0 Å². The van der Waals surface area contributed by atoms with Crippen molar-refractivity contribution in [3.05, 3.63) is 60.2 Å². The third kappa shape index (κ3) is 4.08. The van der Waals surface area contributed by atoms with Crippen molar-refractivity contribution >= 4 is 8.03 Å². The number of para-hydroxylation sites is 1. The molecule has 0 amide bonds. The molecule has 0 saturated heterocycles. The van der Waals surface area contributed by atoms with Gasteiger partial charge in [-0.3, -0.25) is 4.52 Å². The Balaban J connectivity index is 1.94. The fourth-order valence-corrected chi connectivity index (χ4v) is 2.20. The first kappa shape index (κ1) is 13.6. The zero-order valence-electron chi connectivity index (χ0n) is 10.9. The Labute approximate surface area is 114 Å². The highest BCUT2D eigenvalue weighted by Gasteiger charge is 2.31. The summed E-state index contributed by atoms with van der Waals surface area (Å²) >= 11 is 0. The van der Waals surface area contributed by atoms with Gasteiger partial charge in [0.15, 0.2) is 5.75 Å². The Morgan fingerprint density at radius 3 is 2.21 bits per heavy atom. The number of hydrogen-bond donors (Lipinski definition) is 0. The molecule has 0 spiro atoms. The van der Waals surface area contributed by atoms with Gasteiger partial charge in [-0.2, -0.15) is 0 Å². The van der Waals surface area contributed by atoms with Crippen LogP contribution in [0.5, 0.6) is 11.5 Å². The van der Waals surface area contributed by atoms with E-state index in [9.17, 15) is 4.57 Å². The summed E-state index contributed by atoms with van der Waals surface area (Å²) in [4.78, 5) is 0. The molecular weight excluding hydrogens is 259 g/mol. The summed E-state index contributed by atoms with van der Waals surface area (Å²) in [6.07, 6.45) is 0. The second-order valence-electron chi connectivity index (χ2n) is 4.22. The zero-order valence-corrected chi connectivity index (χ0v) is 11.8. The van der Waals surface area contributed by atoms with E-state index in [1.54, 1.807) is 19.1 Å². The molecule has 0 aliphatic heterocycles. The average Bonchev–Trinajstić information content (AvgIpc) is 2.42. The van der Waals surface area contributed by atoms with Crippen LogP contribution >= 0.6 is 8.03 Å². The highest BCUT2D eigenvalue weighted by atomic mass is 31.1. The van der Waals surface area contributed by atoms with Gasteiger partial charge in [0, 0.05) is 6.92 Å². The van der Waals surface area contributed by atoms with Crippen molar-refractivity contribution in [3.63, 3.8) is 0 Å². The van der Waals surface area contributed by atoms with Crippen LogP contribution in [0.4, 0.5) is 0 Å². The predicted octanol–water partition coefficient (Wildman–Crippen LogP) is 4.54. The van der Waals surface area contributed by atoms with E-state index in [0.29, 0.717) is 11.5 Å². The van der Waals surface area contributed by atoms with Gasteiger partial charge in [-0.15, -0.1) is 0 Å². The lowest BCUT2D eigenvalue weighted by Crippen LogP contribution is -2.08.